The normalized spacial score (nSPS) is 32.4. The monoisotopic (exact) mass is 222 g/mol. The van der Waals surface area contributed by atoms with Gasteiger partial charge in [-0.1, -0.05) is 18.0 Å². The summed E-state index contributed by atoms with van der Waals surface area (Å²) in [5, 5.41) is 4.01. The molecule has 0 N–H and O–H groups in total. The molecule has 2 aliphatic rings. The lowest BCUT2D eigenvalue weighted by Gasteiger charge is -2.04. The third-order valence-electron chi connectivity index (χ3n) is 3.96. The molecule has 4 nitrogen and oxygen atoms in total. The molecule has 0 aromatic carbocycles. The van der Waals surface area contributed by atoms with Gasteiger partial charge in [0.15, 0.2) is 5.82 Å². The van der Waals surface area contributed by atoms with Crippen LogP contribution in [0.3, 0.4) is 0 Å². The molecule has 1 aromatic rings. The van der Waals surface area contributed by atoms with Gasteiger partial charge in [-0.15, -0.1) is 0 Å². The van der Waals surface area contributed by atoms with Crippen molar-refractivity contribution in [3.05, 3.63) is 11.7 Å². The van der Waals surface area contributed by atoms with Crippen LogP contribution in [0.15, 0.2) is 4.52 Å². The minimum absolute atomic E-state index is 0.575. The molecular formula is C12H18N2O2. The maximum absolute atomic E-state index is 5.36. The second-order valence-electron chi connectivity index (χ2n) is 4.93. The molecule has 1 heterocycles. The fraction of sp³-hybridized carbons (Fsp3) is 0.833. The molecule has 0 saturated heterocycles. The van der Waals surface area contributed by atoms with Crippen molar-refractivity contribution in [3.8, 4) is 0 Å². The molecule has 0 spiro atoms. The first kappa shape index (κ1) is 10.3. The highest BCUT2D eigenvalue weighted by atomic mass is 16.5. The topological polar surface area (TPSA) is 48.2 Å². The Morgan fingerprint density at radius 2 is 2.06 bits per heavy atom. The van der Waals surface area contributed by atoms with Crippen LogP contribution in [-0.2, 0) is 11.2 Å². The van der Waals surface area contributed by atoms with Crippen molar-refractivity contribution in [3.63, 3.8) is 0 Å². The van der Waals surface area contributed by atoms with Crippen LogP contribution in [0, 0.1) is 11.8 Å². The molecule has 4 heteroatoms. The summed E-state index contributed by atoms with van der Waals surface area (Å²) in [6.07, 6.45) is 6.21. The fourth-order valence-electron chi connectivity index (χ4n) is 3.06. The van der Waals surface area contributed by atoms with Crippen molar-refractivity contribution >= 4 is 0 Å². The summed E-state index contributed by atoms with van der Waals surface area (Å²) in [6.45, 7) is 0.663. The van der Waals surface area contributed by atoms with Gasteiger partial charge < -0.3 is 9.26 Å². The van der Waals surface area contributed by atoms with E-state index in [1.54, 1.807) is 7.11 Å². The summed E-state index contributed by atoms with van der Waals surface area (Å²) >= 11 is 0. The van der Waals surface area contributed by atoms with Crippen LogP contribution in [-0.4, -0.2) is 23.9 Å². The second-order valence-corrected chi connectivity index (χ2v) is 4.93. The van der Waals surface area contributed by atoms with Gasteiger partial charge in [0.2, 0.25) is 5.89 Å². The second kappa shape index (κ2) is 4.17. The first-order chi connectivity index (χ1) is 7.90. The van der Waals surface area contributed by atoms with E-state index in [1.807, 2.05) is 0 Å². The number of rotatable bonds is 4. The summed E-state index contributed by atoms with van der Waals surface area (Å²) in [6, 6.07) is 0. The Morgan fingerprint density at radius 3 is 2.75 bits per heavy atom. The predicted octanol–water partition coefficient (Wildman–Crippen LogP) is 2.16. The zero-order chi connectivity index (χ0) is 11.0. The number of hydrogen-bond acceptors (Lipinski definition) is 4. The van der Waals surface area contributed by atoms with E-state index in [0.29, 0.717) is 12.5 Å². The number of nitrogens with zero attached hydrogens (tertiary/aromatic N) is 2. The molecular weight excluding hydrogens is 204 g/mol. The van der Waals surface area contributed by atoms with Gasteiger partial charge in [0.1, 0.15) is 0 Å². The van der Waals surface area contributed by atoms with Crippen molar-refractivity contribution in [1.82, 2.24) is 10.1 Å². The van der Waals surface area contributed by atoms with Gasteiger partial charge in [0.05, 0.1) is 6.61 Å². The third-order valence-corrected chi connectivity index (χ3v) is 3.96. The van der Waals surface area contributed by atoms with Gasteiger partial charge in [-0.05, 0) is 24.7 Å². The van der Waals surface area contributed by atoms with Crippen molar-refractivity contribution in [2.45, 2.75) is 38.0 Å². The fourth-order valence-corrected chi connectivity index (χ4v) is 3.06. The molecule has 2 aliphatic carbocycles. The van der Waals surface area contributed by atoms with Crippen molar-refractivity contribution in [2.75, 3.05) is 13.7 Å². The maximum Gasteiger partial charge on any atom is 0.230 e. The molecule has 2 unspecified atom stereocenters. The van der Waals surface area contributed by atoms with E-state index in [-0.39, 0.29) is 0 Å². The molecule has 16 heavy (non-hydrogen) atoms. The van der Waals surface area contributed by atoms with Crippen molar-refractivity contribution < 1.29 is 9.26 Å². The standard InChI is InChI=1S/C12H18N2O2/c1-15-7-6-10-13-12(16-14-10)11-8-4-2-3-5-9(8)11/h8-9,11H,2-7H2,1H3. The van der Waals surface area contributed by atoms with Crippen LogP contribution in [0.4, 0.5) is 0 Å². The molecule has 2 saturated carbocycles. The Balaban J connectivity index is 1.64. The highest BCUT2D eigenvalue weighted by Crippen LogP contribution is 2.60. The Labute approximate surface area is 95.4 Å². The van der Waals surface area contributed by atoms with E-state index in [1.165, 1.54) is 25.7 Å². The van der Waals surface area contributed by atoms with Gasteiger partial charge in [-0.3, -0.25) is 0 Å². The highest BCUT2D eigenvalue weighted by molar-refractivity contribution is 5.14. The molecule has 0 bridgehead atoms. The van der Waals surface area contributed by atoms with Gasteiger partial charge in [-0.25, -0.2) is 0 Å². The van der Waals surface area contributed by atoms with Gasteiger partial charge in [-0.2, -0.15) is 4.98 Å². The van der Waals surface area contributed by atoms with Gasteiger partial charge in [0.25, 0.3) is 0 Å². The number of fused-ring (bicyclic) bond motifs is 1. The van der Waals surface area contributed by atoms with E-state index in [4.69, 9.17) is 9.26 Å². The average Bonchev–Trinajstić information content (AvgIpc) is 2.87. The third kappa shape index (κ3) is 1.75. The molecule has 0 amide bonds. The summed E-state index contributed by atoms with van der Waals surface area (Å²) < 4.78 is 10.4. The minimum Gasteiger partial charge on any atom is -0.384 e. The maximum atomic E-state index is 5.36. The van der Waals surface area contributed by atoms with E-state index < -0.39 is 0 Å². The Kier molecular flexibility index (Phi) is 2.67. The predicted molar refractivity (Wildman–Crippen MR) is 58.1 cm³/mol. The van der Waals surface area contributed by atoms with Crippen molar-refractivity contribution in [1.29, 1.82) is 0 Å². The summed E-state index contributed by atoms with van der Waals surface area (Å²) in [5.74, 6) is 3.92. The molecule has 3 rings (SSSR count). The highest BCUT2D eigenvalue weighted by Gasteiger charge is 2.54. The molecule has 1 aromatic heterocycles. The first-order valence-corrected chi connectivity index (χ1v) is 6.21. The van der Waals surface area contributed by atoms with E-state index >= 15 is 0 Å². The van der Waals surface area contributed by atoms with Gasteiger partial charge in [0, 0.05) is 19.4 Å². The Hall–Kier alpha value is -0.900. The average molecular weight is 222 g/mol. The summed E-state index contributed by atoms with van der Waals surface area (Å²) in [4.78, 5) is 4.48. The van der Waals surface area contributed by atoms with Crippen LogP contribution in [0.1, 0.15) is 43.3 Å². The number of methoxy groups -OCH3 is 1. The van der Waals surface area contributed by atoms with Crippen LogP contribution in [0.25, 0.3) is 0 Å². The number of ether oxygens (including phenoxy) is 1. The van der Waals surface area contributed by atoms with E-state index in [0.717, 1.165) is 30.0 Å². The Bertz CT molecular complexity index is 352. The molecule has 0 aliphatic heterocycles. The van der Waals surface area contributed by atoms with Crippen LogP contribution in [0.2, 0.25) is 0 Å². The van der Waals surface area contributed by atoms with E-state index in [2.05, 4.69) is 10.1 Å². The SMILES string of the molecule is COCCc1noc(C2C3CCCCC32)n1. The summed E-state index contributed by atoms with van der Waals surface area (Å²) in [7, 11) is 1.69. The lowest BCUT2D eigenvalue weighted by Crippen LogP contribution is -1.96. The molecule has 88 valence electrons. The minimum atomic E-state index is 0.575. The van der Waals surface area contributed by atoms with Crippen LogP contribution in [0.5, 0.6) is 0 Å². The van der Waals surface area contributed by atoms with Crippen LogP contribution < -0.4 is 0 Å². The summed E-state index contributed by atoms with van der Waals surface area (Å²) in [5.41, 5.74) is 0. The zero-order valence-electron chi connectivity index (χ0n) is 9.69. The lowest BCUT2D eigenvalue weighted by atomic mass is 10.0. The van der Waals surface area contributed by atoms with Crippen molar-refractivity contribution in [2.24, 2.45) is 11.8 Å². The Morgan fingerprint density at radius 1 is 1.31 bits per heavy atom. The molecule has 2 atom stereocenters. The van der Waals surface area contributed by atoms with E-state index in [9.17, 15) is 0 Å². The molecule has 0 radical (unpaired) electrons. The first-order valence-electron chi connectivity index (χ1n) is 6.21. The largest absolute Gasteiger partial charge is 0.384 e. The van der Waals surface area contributed by atoms with Crippen LogP contribution >= 0.6 is 0 Å². The number of hydrogen-bond donors (Lipinski definition) is 0. The zero-order valence-corrected chi connectivity index (χ0v) is 9.69. The smallest absolute Gasteiger partial charge is 0.230 e. The quantitative estimate of drug-likeness (QED) is 0.783. The molecule has 2 fully saturated rings. The number of aromatic nitrogens is 2. The van der Waals surface area contributed by atoms with Gasteiger partial charge >= 0.3 is 0 Å². The lowest BCUT2D eigenvalue weighted by molar-refractivity contribution is 0.199.